The Morgan fingerprint density at radius 3 is 2.73 bits per heavy atom. The Morgan fingerprint density at radius 1 is 1.27 bits per heavy atom. The van der Waals surface area contributed by atoms with Crippen molar-refractivity contribution >= 4 is 11.3 Å². The Morgan fingerprint density at radius 2 is 2.05 bits per heavy atom. The molecule has 1 aromatic rings. The first-order valence-corrected chi connectivity index (χ1v) is 9.11. The molecule has 1 unspecified atom stereocenters. The third-order valence-corrected chi connectivity index (χ3v) is 5.40. The van der Waals surface area contributed by atoms with E-state index in [2.05, 4.69) is 33.8 Å². The topological polar surface area (TPSA) is 31.8 Å². The van der Waals surface area contributed by atoms with Crippen LogP contribution in [0.4, 0.5) is 0 Å². The smallest absolute Gasteiger partial charge is 0.107 e. The number of aromatic nitrogens is 1. The van der Waals surface area contributed by atoms with Gasteiger partial charge >= 0.3 is 0 Å². The molecule has 0 spiro atoms. The second kappa shape index (κ2) is 7.84. The second-order valence-corrected chi connectivity index (χ2v) is 7.96. The summed E-state index contributed by atoms with van der Waals surface area (Å²) in [6.45, 7) is 9.86. The van der Waals surface area contributed by atoms with E-state index in [1.54, 1.807) is 0 Å². The van der Waals surface area contributed by atoms with Gasteiger partial charge in [0.15, 0.2) is 0 Å². The van der Waals surface area contributed by atoms with E-state index in [9.17, 15) is 0 Å². The van der Waals surface area contributed by atoms with Crippen LogP contribution >= 0.6 is 11.3 Å². The first-order valence-electron chi connectivity index (χ1n) is 8.30. The number of ether oxygens (including phenoxy) is 1. The fourth-order valence-electron chi connectivity index (χ4n) is 3.22. The standard InChI is InChI=1S/C16H28N4OS/c1-18(2)11-15-9-17-16(22-15)12-20-6-4-19(5-7-20)10-14-3-8-21-13-14/h9,14H,3-8,10-13H2,1-2H3. The summed E-state index contributed by atoms with van der Waals surface area (Å²) >= 11 is 1.86. The molecular formula is C16H28N4OS. The minimum atomic E-state index is 0.763. The third-order valence-electron chi connectivity index (χ3n) is 4.44. The lowest BCUT2D eigenvalue weighted by atomic mass is 10.1. The van der Waals surface area contributed by atoms with Gasteiger partial charge in [-0.1, -0.05) is 0 Å². The van der Waals surface area contributed by atoms with Crippen molar-refractivity contribution in [2.45, 2.75) is 19.5 Å². The van der Waals surface area contributed by atoms with Gasteiger partial charge in [-0.2, -0.15) is 0 Å². The molecule has 0 bridgehead atoms. The maximum atomic E-state index is 5.48. The zero-order valence-electron chi connectivity index (χ0n) is 13.8. The van der Waals surface area contributed by atoms with Crippen molar-refractivity contribution in [3.05, 3.63) is 16.1 Å². The molecule has 3 rings (SSSR count). The molecule has 0 amide bonds. The minimum absolute atomic E-state index is 0.763. The fourth-order valence-corrected chi connectivity index (χ4v) is 4.30. The number of rotatable bonds is 6. The summed E-state index contributed by atoms with van der Waals surface area (Å²) in [6, 6.07) is 0. The van der Waals surface area contributed by atoms with Gasteiger partial charge in [0.05, 0.1) is 13.2 Å². The third kappa shape index (κ3) is 4.73. The molecule has 0 aliphatic carbocycles. The Kier molecular flexibility index (Phi) is 5.82. The first-order chi connectivity index (χ1) is 10.7. The Labute approximate surface area is 137 Å². The van der Waals surface area contributed by atoms with E-state index in [4.69, 9.17) is 4.74 Å². The lowest BCUT2D eigenvalue weighted by molar-refractivity contribution is 0.107. The zero-order chi connectivity index (χ0) is 15.4. The highest BCUT2D eigenvalue weighted by molar-refractivity contribution is 7.11. The Hall–Kier alpha value is -0.530. The van der Waals surface area contributed by atoms with Crippen LogP contribution in [0.1, 0.15) is 16.3 Å². The molecule has 2 aliphatic heterocycles. The normalized spacial score (nSPS) is 24.4. The Balaban J connectivity index is 1.40. The quantitative estimate of drug-likeness (QED) is 0.789. The van der Waals surface area contributed by atoms with Gasteiger partial charge in [-0.25, -0.2) is 4.98 Å². The van der Waals surface area contributed by atoms with Crippen molar-refractivity contribution in [2.75, 3.05) is 60.0 Å². The van der Waals surface area contributed by atoms with Gasteiger partial charge in [-0.05, 0) is 26.4 Å². The summed E-state index contributed by atoms with van der Waals surface area (Å²) < 4.78 is 5.48. The first kappa shape index (κ1) is 16.3. The van der Waals surface area contributed by atoms with E-state index >= 15 is 0 Å². The van der Waals surface area contributed by atoms with Crippen molar-refractivity contribution in [3.63, 3.8) is 0 Å². The van der Waals surface area contributed by atoms with Crippen LogP contribution < -0.4 is 0 Å². The highest BCUT2D eigenvalue weighted by Gasteiger charge is 2.23. The van der Waals surface area contributed by atoms with E-state index in [1.165, 1.54) is 35.9 Å². The van der Waals surface area contributed by atoms with E-state index in [0.29, 0.717) is 0 Å². The predicted octanol–water partition coefficient (Wildman–Crippen LogP) is 1.36. The summed E-state index contributed by atoms with van der Waals surface area (Å²) in [7, 11) is 4.21. The van der Waals surface area contributed by atoms with E-state index in [-0.39, 0.29) is 0 Å². The van der Waals surface area contributed by atoms with Gasteiger partial charge in [0, 0.05) is 56.9 Å². The predicted molar refractivity (Wildman–Crippen MR) is 90.1 cm³/mol. The maximum Gasteiger partial charge on any atom is 0.107 e. The van der Waals surface area contributed by atoms with Crippen LogP contribution in [0.15, 0.2) is 6.20 Å². The summed E-state index contributed by atoms with van der Waals surface area (Å²) in [5.41, 5.74) is 0. The molecule has 2 saturated heterocycles. The van der Waals surface area contributed by atoms with Crippen LogP contribution in [0, 0.1) is 5.92 Å². The molecule has 5 nitrogen and oxygen atoms in total. The number of hydrogen-bond acceptors (Lipinski definition) is 6. The molecule has 124 valence electrons. The summed E-state index contributed by atoms with van der Waals surface area (Å²) in [5, 5.41) is 1.26. The highest BCUT2D eigenvalue weighted by atomic mass is 32.1. The van der Waals surface area contributed by atoms with Crippen molar-refractivity contribution in [1.82, 2.24) is 19.7 Å². The van der Waals surface area contributed by atoms with Crippen LogP contribution in [0.2, 0.25) is 0 Å². The zero-order valence-corrected chi connectivity index (χ0v) is 14.6. The highest BCUT2D eigenvalue weighted by Crippen LogP contribution is 2.18. The van der Waals surface area contributed by atoms with Crippen LogP contribution in [0.3, 0.4) is 0 Å². The molecule has 0 N–H and O–H groups in total. The van der Waals surface area contributed by atoms with Crippen LogP contribution in [0.5, 0.6) is 0 Å². The maximum absolute atomic E-state index is 5.48. The largest absolute Gasteiger partial charge is 0.381 e. The minimum Gasteiger partial charge on any atom is -0.381 e. The van der Waals surface area contributed by atoms with Gasteiger partial charge in [0.2, 0.25) is 0 Å². The van der Waals surface area contributed by atoms with Crippen LogP contribution in [-0.4, -0.2) is 79.7 Å². The van der Waals surface area contributed by atoms with Gasteiger partial charge < -0.3 is 14.5 Å². The van der Waals surface area contributed by atoms with Gasteiger partial charge in [0.1, 0.15) is 5.01 Å². The number of hydrogen-bond donors (Lipinski definition) is 0. The summed E-state index contributed by atoms with van der Waals surface area (Å²) in [4.78, 5) is 13.3. The number of piperazine rings is 1. The van der Waals surface area contributed by atoms with Crippen LogP contribution in [0.25, 0.3) is 0 Å². The van der Waals surface area contributed by atoms with Crippen molar-refractivity contribution in [1.29, 1.82) is 0 Å². The summed E-state index contributed by atoms with van der Waals surface area (Å²) in [6.07, 6.45) is 3.28. The van der Waals surface area contributed by atoms with Crippen LogP contribution in [-0.2, 0) is 17.8 Å². The van der Waals surface area contributed by atoms with Crippen molar-refractivity contribution in [2.24, 2.45) is 5.92 Å². The molecule has 1 atom stereocenters. The van der Waals surface area contributed by atoms with E-state index in [0.717, 1.165) is 45.3 Å². The molecule has 2 fully saturated rings. The summed E-state index contributed by atoms with van der Waals surface area (Å²) in [5.74, 6) is 0.763. The molecule has 3 heterocycles. The lowest BCUT2D eigenvalue weighted by Gasteiger charge is -2.35. The molecule has 2 aliphatic rings. The monoisotopic (exact) mass is 324 g/mol. The number of nitrogens with zero attached hydrogens (tertiary/aromatic N) is 4. The SMILES string of the molecule is CN(C)Cc1cnc(CN2CCN(CC3CCOC3)CC2)s1. The molecule has 0 radical (unpaired) electrons. The van der Waals surface area contributed by atoms with E-state index < -0.39 is 0 Å². The van der Waals surface area contributed by atoms with E-state index in [1.807, 2.05) is 17.5 Å². The average Bonchev–Trinajstić information content (AvgIpc) is 3.13. The molecule has 1 aromatic heterocycles. The molecule has 0 saturated carbocycles. The van der Waals surface area contributed by atoms with Crippen molar-refractivity contribution < 1.29 is 4.74 Å². The fraction of sp³-hybridized carbons (Fsp3) is 0.812. The lowest BCUT2D eigenvalue weighted by Crippen LogP contribution is -2.47. The molecule has 6 heteroatoms. The van der Waals surface area contributed by atoms with Gasteiger partial charge in [-0.3, -0.25) is 4.90 Å². The van der Waals surface area contributed by atoms with Gasteiger partial charge in [-0.15, -0.1) is 11.3 Å². The average molecular weight is 324 g/mol. The number of thiazole rings is 1. The molecule has 22 heavy (non-hydrogen) atoms. The Bertz CT molecular complexity index is 451. The van der Waals surface area contributed by atoms with Crippen molar-refractivity contribution in [3.8, 4) is 0 Å². The second-order valence-electron chi connectivity index (χ2n) is 6.76. The molecular weight excluding hydrogens is 296 g/mol. The molecule has 0 aromatic carbocycles. The van der Waals surface area contributed by atoms with Gasteiger partial charge in [0.25, 0.3) is 0 Å².